The van der Waals surface area contributed by atoms with Crippen molar-refractivity contribution in [1.82, 2.24) is 0 Å². The van der Waals surface area contributed by atoms with Crippen LogP contribution >= 0.6 is 0 Å². The van der Waals surface area contributed by atoms with E-state index in [9.17, 15) is 4.79 Å². The van der Waals surface area contributed by atoms with Gasteiger partial charge >= 0.3 is 10.6 Å². The van der Waals surface area contributed by atoms with Gasteiger partial charge in [-0.25, -0.2) is 0 Å². The summed E-state index contributed by atoms with van der Waals surface area (Å²) in [5.41, 5.74) is 2.65. The van der Waals surface area contributed by atoms with Crippen molar-refractivity contribution in [2.75, 3.05) is 0 Å². The number of aryl methyl sites for hydroxylation is 1. The lowest BCUT2D eigenvalue weighted by molar-refractivity contribution is 0.103. The molecule has 0 aliphatic heterocycles. The van der Waals surface area contributed by atoms with Gasteiger partial charge in [0.1, 0.15) is 0 Å². The molecule has 0 aliphatic carbocycles. The second-order valence-corrected chi connectivity index (χ2v) is 4.17. The minimum Gasteiger partial charge on any atom is -0.289 e. The van der Waals surface area contributed by atoms with Crippen LogP contribution in [0, 0.1) is 6.92 Å². The quantitative estimate of drug-likeness (QED) is 0.789. The molecule has 0 aliphatic rings. The highest BCUT2D eigenvalue weighted by Gasteiger charge is 2.06. The van der Waals surface area contributed by atoms with Gasteiger partial charge in [0.05, 0.1) is 0 Å². The van der Waals surface area contributed by atoms with Gasteiger partial charge in [0.25, 0.3) is 0 Å². The first-order chi connectivity index (χ1) is 9.00. The highest BCUT2D eigenvalue weighted by Crippen LogP contribution is 2.10. The summed E-state index contributed by atoms with van der Waals surface area (Å²) >= 11 is 0. The summed E-state index contributed by atoms with van der Waals surface area (Å²) < 4.78 is 25.3. The average Bonchev–Trinajstić information content (AvgIpc) is 2.39. The Morgan fingerprint density at radius 3 is 1.68 bits per heavy atom. The molecule has 0 fully saturated rings. The zero-order valence-corrected chi connectivity index (χ0v) is 11.1. The van der Waals surface area contributed by atoms with E-state index in [2.05, 4.69) is 0 Å². The second-order valence-electron chi connectivity index (χ2n) is 3.77. The molecule has 0 radical (unpaired) electrons. The summed E-state index contributed by atoms with van der Waals surface area (Å²) in [5, 5.41) is 0. The van der Waals surface area contributed by atoms with Crippen molar-refractivity contribution in [3.63, 3.8) is 0 Å². The number of carbonyl (C=O) groups is 1. The fourth-order valence-corrected chi connectivity index (χ4v) is 1.46. The normalized spacial score (nSPS) is 9.11. The lowest BCUT2D eigenvalue weighted by Crippen LogP contribution is -2.00. The molecule has 0 saturated heterocycles. The molecule has 0 unspecified atom stereocenters. The zero-order chi connectivity index (χ0) is 14.3. The number of carbonyl (C=O) groups excluding carboxylic acids is 1. The third-order valence-corrected chi connectivity index (χ3v) is 2.35. The first kappa shape index (κ1) is 14.8. The van der Waals surface area contributed by atoms with Gasteiger partial charge in [-0.15, -0.1) is 12.6 Å². The fourth-order valence-electron chi connectivity index (χ4n) is 1.46. The van der Waals surface area contributed by atoms with Crippen LogP contribution < -0.4 is 0 Å². The molecule has 0 heterocycles. The summed E-state index contributed by atoms with van der Waals surface area (Å²) in [4.78, 5) is 12.0. The van der Waals surface area contributed by atoms with Crippen LogP contribution in [0.1, 0.15) is 21.5 Å². The Hall–Kier alpha value is -2.27. The van der Waals surface area contributed by atoms with Crippen LogP contribution in [0.15, 0.2) is 54.6 Å². The van der Waals surface area contributed by atoms with Crippen LogP contribution in [0.5, 0.6) is 0 Å². The standard InChI is InChI=1S/C14H12O.O3S/c1-11-7-9-13(10-8-11)14(15)12-5-3-2-4-6-12;1-4(2)3/h2-10H,1H3;. The topological polar surface area (TPSA) is 68.3 Å². The van der Waals surface area contributed by atoms with Gasteiger partial charge in [0.2, 0.25) is 0 Å². The van der Waals surface area contributed by atoms with Crippen LogP contribution in [0.3, 0.4) is 0 Å². The van der Waals surface area contributed by atoms with Crippen LogP contribution in [-0.2, 0) is 10.6 Å². The predicted octanol–water partition coefficient (Wildman–Crippen LogP) is 2.22. The second kappa shape index (κ2) is 7.23. The molecule has 4 nitrogen and oxygen atoms in total. The van der Waals surface area contributed by atoms with E-state index in [0.717, 1.165) is 11.1 Å². The van der Waals surface area contributed by atoms with E-state index in [-0.39, 0.29) is 5.78 Å². The first-order valence-corrected chi connectivity index (χ1v) is 6.44. The van der Waals surface area contributed by atoms with Crippen LogP contribution in [-0.4, -0.2) is 18.4 Å². The van der Waals surface area contributed by atoms with E-state index in [4.69, 9.17) is 12.6 Å². The zero-order valence-electron chi connectivity index (χ0n) is 10.2. The molecule has 2 aromatic rings. The Morgan fingerprint density at radius 1 is 0.789 bits per heavy atom. The number of hydrogen-bond donors (Lipinski definition) is 0. The Kier molecular flexibility index (Phi) is 5.63. The van der Waals surface area contributed by atoms with Gasteiger partial charge in [-0.1, -0.05) is 60.2 Å². The van der Waals surface area contributed by atoms with Crippen LogP contribution in [0.25, 0.3) is 0 Å². The largest absolute Gasteiger partial charge is 0.425 e. The van der Waals surface area contributed by atoms with Crippen molar-refractivity contribution in [2.45, 2.75) is 6.92 Å². The molecule has 0 spiro atoms. The van der Waals surface area contributed by atoms with Crippen molar-refractivity contribution in [1.29, 1.82) is 0 Å². The summed E-state index contributed by atoms with van der Waals surface area (Å²) in [7, 11) is -3.11. The summed E-state index contributed by atoms with van der Waals surface area (Å²) in [6.45, 7) is 2.01. The minimum absolute atomic E-state index is 0.0793. The summed E-state index contributed by atoms with van der Waals surface area (Å²) in [6.07, 6.45) is 0. The van der Waals surface area contributed by atoms with Crippen LogP contribution in [0.2, 0.25) is 0 Å². The van der Waals surface area contributed by atoms with E-state index in [1.165, 1.54) is 5.56 Å². The molecule has 0 N–H and O–H groups in total. The molecule has 2 aromatic carbocycles. The van der Waals surface area contributed by atoms with Crippen molar-refractivity contribution >= 4 is 16.4 Å². The maximum atomic E-state index is 12.0. The van der Waals surface area contributed by atoms with Crippen molar-refractivity contribution in [2.24, 2.45) is 0 Å². The Bertz CT molecular complexity index is 637. The highest BCUT2D eigenvalue weighted by molar-refractivity contribution is 7.59. The molecule has 0 bridgehead atoms. The van der Waals surface area contributed by atoms with Gasteiger partial charge in [-0.2, -0.15) is 0 Å². The number of rotatable bonds is 2. The van der Waals surface area contributed by atoms with Gasteiger partial charge < -0.3 is 0 Å². The maximum absolute atomic E-state index is 12.0. The van der Waals surface area contributed by atoms with Gasteiger partial charge in [-0.3, -0.25) is 4.79 Å². The average molecular weight is 276 g/mol. The lowest BCUT2D eigenvalue weighted by Gasteiger charge is -2.00. The first-order valence-electron chi connectivity index (χ1n) is 5.44. The molecule has 19 heavy (non-hydrogen) atoms. The van der Waals surface area contributed by atoms with Gasteiger partial charge in [-0.05, 0) is 6.92 Å². The van der Waals surface area contributed by atoms with Crippen molar-refractivity contribution < 1.29 is 17.4 Å². The summed E-state index contributed by atoms with van der Waals surface area (Å²) in [5.74, 6) is 0.0793. The summed E-state index contributed by atoms with van der Waals surface area (Å²) in [6, 6.07) is 17.0. The van der Waals surface area contributed by atoms with E-state index >= 15 is 0 Å². The van der Waals surface area contributed by atoms with E-state index in [1.54, 1.807) is 0 Å². The lowest BCUT2D eigenvalue weighted by atomic mass is 10.0. The number of hydrogen-bond acceptors (Lipinski definition) is 4. The third kappa shape index (κ3) is 5.27. The Balaban J connectivity index is 0.000000399. The molecule has 0 amide bonds. The molecular formula is C14H12O4S. The molecule has 5 heteroatoms. The van der Waals surface area contributed by atoms with Crippen molar-refractivity contribution in [3.05, 3.63) is 71.3 Å². The molecule has 98 valence electrons. The van der Waals surface area contributed by atoms with Gasteiger partial charge in [0, 0.05) is 11.1 Å². The van der Waals surface area contributed by atoms with Gasteiger partial charge in [0.15, 0.2) is 5.78 Å². The minimum atomic E-state index is -3.11. The van der Waals surface area contributed by atoms with E-state index < -0.39 is 10.6 Å². The fraction of sp³-hybridized carbons (Fsp3) is 0.0714. The highest BCUT2D eigenvalue weighted by atomic mass is 32.2. The number of benzene rings is 2. The smallest absolute Gasteiger partial charge is 0.289 e. The Labute approximate surface area is 112 Å². The maximum Gasteiger partial charge on any atom is 0.425 e. The van der Waals surface area contributed by atoms with E-state index in [1.807, 2.05) is 61.5 Å². The molecule has 0 aromatic heterocycles. The molecule has 2 rings (SSSR count). The third-order valence-electron chi connectivity index (χ3n) is 2.35. The Morgan fingerprint density at radius 2 is 1.21 bits per heavy atom. The SMILES string of the molecule is Cc1ccc(C(=O)c2ccccc2)cc1.O=S(=O)=O. The van der Waals surface area contributed by atoms with E-state index in [0.29, 0.717) is 0 Å². The number of ketones is 1. The molecule has 0 atom stereocenters. The van der Waals surface area contributed by atoms with Crippen LogP contribution in [0.4, 0.5) is 0 Å². The molecular weight excluding hydrogens is 264 g/mol. The molecule has 0 saturated carbocycles. The monoisotopic (exact) mass is 276 g/mol. The van der Waals surface area contributed by atoms with Crippen molar-refractivity contribution in [3.8, 4) is 0 Å². The predicted molar refractivity (Wildman–Crippen MR) is 70.8 cm³/mol.